The van der Waals surface area contributed by atoms with Crippen LogP contribution in [0.1, 0.15) is 0 Å². The minimum absolute atomic E-state index is 0.227. The van der Waals surface area contributed by atoms with Gasteiger partial charge in [-0.25, -0.2) is 4.79 Å². The summed E-state index contributed by atoms with van der Waals surface area (Å²) in [6.07, 6.45) is 1.42. The molecule has 7 nitrogen and oxygen atoms in total. The summed E-state index contributed by atoms with van der Waals surface area (Å²) in [5.74, 6) is 0.685. The molecule has 0 atom stereocenters. The number of carbonyl (C=O) groups excluding carboxylic acids is 1. The number of nitrogens with zero attached hydrogens (tertiary/aromatic N) is 4. The molecule has 0 bridgehead atoms. The van der Waals surface area contributed by atoms with Crippen molar-refractivity contribution in [2.24, 2.45) is 7.05 Å². The zero-order valence-electron chi connectivity index (χ0n) is 10.3. The monoisotopic (exact) mass is 271 g/mol. The van der Waals surface area contributed by atoms with Gasteiger partial charge in [-0.05, 0) is 0 Å². The molecule has 1 fully saturated rings. The van der Waals surface area contributed by atoms with Crippen molar-refractivity contribution in [1.82, 2.24) is 25.0 Å². The van der Waals surface area contributed by atoms with E-state index in [4.69, 9.17) is 4.74 Å². The number of ether oxygens (including phenoxy) is 1. The Bertz CT molecular complexity index is 391. The Morgan fingerprint density at radius 1 is 1.56 bits per heavy atom. The van der Waals surface area contributed by atoms with Crippen LogP contribution in [-0.2, 0) is 11.8 Å². The van der Waals surface area contributed by atoms with Gasteiger partial charge in [0.15, 0.2) is 5.16 Å². The molecule has 1 aliphatic heterocycles. The largest absolute Gasteiger partial charge is 0.449 e. The Hall–Kier alpha value is -1.28. The first-order valence-corrected chi connectivity index (χ1v) is 6.85. The highest BCUT2D eigenvalue weighted by molar-refractivity contribution is 7.99. The number of aromatic nitrogens is 3. The van der Waals surface area contributed by atoms with Crippen molar-refractivity contribution < 1.29 is 9.53 Å². The molecule has 0 saturated carbocycles. The quantitative estimate of drug-likeness (QED) is 0.611. The summed E-state index contributed by atoms with van der Waals surface area (Å²) in [5.41, 5.74) is 0. The molecule has 0 radical (unpaired) electrons. The average molecular weight is 271 g/mol. The second-order valence-corrected chi connectivity index (χ2v) is 4.99. The van der Waals surface area contributed by atoms with E-state index < -0.39 is 0 Å². The summed E-state index contributed by atoms with van der Waals surface area (Å²) in [7, 11) is 1.88. The lowest BCUT2D eigenvalue weighted by molar-refractivity contribution is 0.103. The molecule has 0 unspecified atom stereocenters. The smallest absolute Gasteiger partial charge is 0.409 e. The SMILES string of the molecule is Cn1cnnc1SCCOC(=O)N1CCNCC1. The molecule has 0 aromatic carbocycles. The third kappa shape index (κ3) is 3.61. The molecule has 1 aromatic heterocycles. The van der Waals surface area contributed by atoms with E-state index in [0.717, 1.165) is 31.3 Å². The van der Waals surface area contributed by atoms with Crippen molar-refractivity contribution in [3.8, 4) is 0 Å². The van der Waals surface area contributed by atoms with E-state index in [1.165, 1.54) is 11.8 Å². The number of nitrogens with one attached hydrogen (secondary N) is 1. The third-order valence-corrected chi connectivity index (χ3v) is 3.58. The van der Waals surface area contributed by atoms with E-state index in [1.807, 2.05) is 11.6 Å². The van der Waals surface area contributed by atoms with Crippen LogP contribution >= 0.6 is 11.8 Å². The van der Waals surface area contributed by atoms with Crippen molar-refractivity contribution in [2.45, 2.75) is 5.16 Å². The van der Waals surface area contributed by atoms with Crippen molar-refractivity contribution in [3.05, 3.63) is 6.33 Å². The van der Waals surface area contributed by atoms with Crippen LogP contribution in [0.4, 0.5) is 4.79 Å². The van der Waals surface area contributed by atoms with Crippen LogP contribution in [0, 0.1) is 0 Å². The predicted molar refractivity (Wildman–Crippen MR) is 67.5 cm³/mol. The minimum atomic E-state index is -0.227. The predicted octanol–water partition coefficient (Wildman–Crippen LogP) is -0.0510. The van der Waals surface area contributed by atoms with Crippen molar-refractivity contribution in [1.29, 1.82) is 0 Å². The number of hydrogen-bond acceptors (Lipinski definition) is 6. The summed E-state index contributed by atoms with van der Waals surface area (Å²) in [5, 5.41) is 11.7. The molecule has 0 aliphatic carbocycles. The van der Waals surface area contributed by atoms with Crippen LogP contribution in [0.3, 0.4) is 0 Å². The molecule has 1 amide bonds. The molecule has 1 saturated heterocycles. The molecular formula is C10H17N5O2S. The van der Waals surface area contributed by atoms with Gasteiger partial charge in [0, 0.05) is 39.0 Å². The number of carbonyl (C=O) groups is 1. The van der Waals surface area contributed by atoms with Crippen LogP contribution < -0.4 is 5.32 Å². The molecular weight excluding hydrogens is 254 g/mol. The Kier molecular flexibility index (Phi) is 4.82. The van der Waals surface area contributed by atoms with Gasteiger partial charge in [-0.3, -0.25) is 0 Å². The second kappa shape index (κ2) is 6.60. The standard InChI is InChI=1S/C10H17N5O2S/c1-14-8-12-13-9(14)18-7-6-17-10(16)15-4-2-11-3-5-15/h8,11H,2-7H2,1H3. The summed E-state index contributed by atoms with van der Waals surface area (Å²) in [6.45, 7) is 3.50. The lowest BCUT2D eigenvalue weighted by atomic mass is 10.4. The highest BCUT2D eigenvalue weighted by Crippen LogP contribution is 2.12. The van der Waals surface area contributed by atoms with Crippen LogP contribution in [0.2, 0.25) is 0 Å². The lowest BCUT2D eigenvalue weighted by Gasteiger charge is -2.26. The Morgan fingerprint density at radius 2 is 2.33 bits per heavy atom. The van der Waals surface area contributed by atoms with Gasteiger partial charge in [-0.15, -0.1) is 10.2 Å². The van der Waals surface area contributed by atoms with Crippen LogP contribution in [-0.4, -0.2) is 64.3 Å². The maximum absolute atomic E-state index is 11.7. The van der Waals surface area contributed by atoms with E-state index in [-0.39, 0.29) is 6.09 Å². The summed E-state index contributed by atoms with van der Waals surface area (Å²) >= 11 is 1.52. The van der Waals surface area contributed by atoms with Crippen LogP contribution in [0.15, 0.2) is 11.5 Å². The van der Waals surface area contributed by atoms with Crippen LogP contribution in [0.25, 0.3) is 0 Å². The maximum atomic E-state index is 11.7. The normalized spacial score (nSPS) is 15.7. The number of amides is 1. The number of piperazine rings is 1. The molecule has 1 aliphatic rings. The maximum Gasteiger partial charge on any atom is 0.409 e. The molecule has 1 aromatic rings. The first-order chi connectivity index (χ1) is 8.77. The highest BCUT2D eigenvalue weighted by atomic mass is 32.2. The van der Waals surface area contributed by atoms with E-state index in [2.05, 4.69) is 15.5 Å². The number of aryl methyl sites for hydroxylation is 1. The van der Waals surface area contributed by atoms with Crippen molar-refractivity contribution >= 4 is 17.9 Å². The van der Waals surface area contributed by atoms with Gasteiger partial charge < -0.3 is 19.5 Å². The summed E-state index contributed by atoms with van der Waals surface area (Å²) in [4.78, 5) is 13.4. The van der Waals surface area contributed by atoms with Crippen molar-refractivity contribution in [3.63, 3.8) is 0 Å². The number of hydrogen-bond donors (Lipinski definition) is 1. The molecule has 100 valence electrons. The number of thioether (sulfide) groups is 1. The van der Waals surface area contributed by atoms with Gasteiger partial charge in [0.1, 0.15) is 12.9 Å². The second-order valence-electron chi connectivity index (χ2n) is 3.92. The molecule has 2 rings (SSSR count). The minimum Gasteiger partial charge on any atom is -0.449 e. The summed E-state index contributed by atoms with van der Waals surface area (Å²) in [6, 6.07) is 0. The first kappa shape index (κ1) is 13.2. The van der Waals surface area contributed by atoms with Gasteiger partial charge in [-0.2, -0.15) is 0 Å². The van der Waals surface area contributed by atoms with E-state index in [9.17, 15) is 4.79 Å². The molecule has 8 heteroatoms. The van der Waals surface area contributed by atoms with E-state index in [1.54, 1.807) is 11.2 Å². The van der Waals surface area contributed by atoms with Gasteiger partial charge in [0.2, 0.25) is 0 Å². The fourth-order valence-electron chi connectivity index (χ4n) is 1.60. The van der Waals surface area contributed by atoms with Gasteiger partial charge in [0.05, 0.1) is 0 Å². The van der Waals surface area contributed by atoms with E-state index >= 15 is 0 Å². The highest BCUT2D eigenvalue weighted by Gasteiger charge is 2.16. The van der Waals surface area contributed by atoms with E-state index in [0.29, 0.717) is 12.4 Å². The zero-order chi connectivity index (χ0) is 12.8. The molecule has 2 heterocycles. The van der Waals surface area contributed by atoms with Gasteiger partial charge >= 0.3 is 6.09 Å². The Balaban J connectivity index is 1.63. The Labute approximate surface area is 110 Å². The third-order valence-electron chi connectivity index (χ3n) is 2.59. The van der Waals surface area contributed by atoms with Gasteiger partial charge in [-0.1, -0.05) is 11.8 Å². The van der Waals surface area contributed by atoms with Crippen LogP contribution in [0.5, 0.6) is 0 Å². The molecule has 18 heavy (non-hydrogen) atoms. The molecule has 1 N–H and O–H groups in total. The Morgan fingerprint density at radius 3 is 3.00 bits per heavy atom. The fraction of sp³-hybridized carbons (Fsp3) is 0.700. The van der Waals surface area contributed by atoms with Gasteiger partial charge in [0.25, 0.3) is 0 Å². The first-order valence-electron chi connectivity index (χ1n) is 5.86. The number of rotatable bonds is 4. The zero-order valence-corrected chi connectivity index (χ0v) is 11.2. The average Bonchev–Trinajstić information content (AvgIpc) is 2.81. The summed E-state index contributed by atoms with van der Waals surface area (Å²) < 4.78 is 7.04. The van der Waals surface area contributed by atoms with Crippen molar-refractivity contribution in [2.75, 3.05) is 38.5 Å². The molecule has 0 spiro atoms. The lowest BCUT2D eigenvalue weighted by Crippen LogP contribution is -2.46. The topological polar surface area (TPSA) is 72.3 Å². The fourth-order valence-corrected chi connectivity index (χ4v) is 2.31.